The standard InChI is InChI=1S/C13H23N3O3S/c1-13(2,11-14)15-5-7-16(8-6-15)20(17,18)12-3-9-19-10-4-12/h12H,3-10H2,1-2H3. The van der Waals surface area contributed by atoms with Crippen molar-refractivity contribution in [1.29, 1.82) is 5.26 Å². The number of rotatable bonds is 3. The van der Waals surface area contributed by atoms with Gasteiger partial charge < -0.3 is 4.74 Å². The maximum absolute atomic E-state index is 12.6. The SMILES string of the molecule is CC(C)(C#N)N1CCN(S(=O)(=O)C2CCOCC2)CC1. The number of hydrogen-bond donors (Lipinski definition) is 0. The van der Waals surface area contributed by atoms with E-state index in [1.54, 1.807) is 4.31 Å². The number of nitriles is 1. The second-order valence-corrected chi connectivity index (χ2v) is 8.13. The summed E-state index contributed by atoms with van der Waals surface area (Å²) in [5.41, 5.74) is -0.533. The summed E-state index contributed by atoms with van der Waals surface area (Å²) in [4.78, 5) is 2.04. The summed E-state index contributed by atoms with van der Waals surface area (Å²) in [5, 5.41) is 8.84. The first-order valence-corrected chi connectivity index (χ1v) is 8.61. The van der Waals surface area contributed by atoms with E-state index in [0.29, 0.717) is 52.2 Å². The van der Waals surface area contributed by atoms with Gasteiger partial charge in [0.25, 0.3) is 0 Å². The van der Waals surface area contributed by atoms with Crippen molar-refractivity contribution in [3.05, 3.63) is 0 Å². The minimum Gasteiger partial charge on any atom is -0.381 e. The molecular weight excluding hydrogens is 278 g/mol. The molecule has 20 heavy (non-hydrogen) atoms. The van der Waals surface area contributed by atoms with Gasteiger partial charge in [-0.05, 0) is 26.7 Å². The van der Waals surface area contributed by atoms with Crippen LogP contribution in [0.1, 0.15) is 26.7 Å². The van der Waals surface area contributed by atoms with Crippen molar-refractivity contribution in [3.8, 4) is 6.07 Å². The van der Waals surface area contributed by atoms with E-state index in [4.69, 9.17) is 10.00 Å². The van der Waals surface area contributed by atoms with Crippen LogP contribution in [-0.4, -0.2) is 67.8 Å². The average Bonchev–Trinajstić information content (AvgIpc) is 2.48. The smallest absolute Gasteiger partial charge is 0.217 e. The number of ether oxygens (including phenoxy) is 1. The first kappa shape index (κ1) is 15.7. The molecule has 2 fully saturated rings. The summed E-state index contributed by atoms with van der Waals surface area (Å²) in [6.45, 7) is 6.99. The van der Waals surface area contributed by atoms with Crippen molar-refractivity contribution in [1.82, 2.24) is 9.21 Å². The quantitative estimate of drug-likeness (QED) is 0.755. The molecular formula is C13H23N3O3S. The number of nitrogens with zero attached hydrogens (tertiary/aromatic N) is 3. The van der Waals surface area contributed by atoms with Crippen LogP contribution in [0.3, 0.4) is 0 Å². The summed E-state index contributed by atoms with van der Waals surface area (Å²) < 4.78 is 31.9. The van der Waals surface area contributed by atoms with Crippen LogP contribution < -0.4 is 0 Å². The third kappa shape index (κ3) is 3.14. The maximum atomic E-state index is 12.6. The minimum atomic E-state index is -3.22. The highest BCUT2D eigenvalue weighted by atomic mass is 32.2. The van der Waals surface area contributed by atoms with Gasteiger partial charge in [-0.25, -0.2) is 8.42 Å². The fraction of sp³-hybridized carbons (Fsp3) is 0.923. The second kappa shape index (κ2) is 5.98. The minimum absolute atomic E-state index is 0.299. The molecule has 0 aromatic heterocycles. The Bertz CT molecular complexity index is 470. The summed E-state index contributed by atoms with van der Waals surface area (Å²) in [6, 6.07) is 2.27. The van der Waals surface area contributed by atoms with Gasteiger partial charge in [0.05, 0.1) is 11.3 Å². The van der Waals surface area contributed by atoms with E-state index < -0.39 is 15.6 Å². The predicted molar refractivity (Wildman–Crippen MR) is 75.6 cm³/mol. The van der Waals surface area contributed by atoms with Crippen LogP contribution in [0.5, 0.6) is 0 Å². The molecule has 0 radical (unpaired) electrons. The third-order valence-corrected chi connectivity index (χ3v) is 6.65. The first-order chi connectivity index (χ1) is 9.38. The molecule has 2 rings (SSSR count). The molecule has 0 spiro atoms. The average molecular weight is 301 g/mol. The molecule has 0 amide bonds. The van der Waals surface area contributed by atoms with Gasteiger partial charge in [-0.2, -0.15) is 9.57 Å². The second-order valence-electron chi connectivity index (χ2n) is 5.91. The Kier molecular flexibility index (Phi) is 4.69. The van der Waals surface area contributed by atoms with Crippen molar-refractivity contribution in [2.24, 2.45) is 0 Å². The van der Waals surface area contributed by atoms with E-state index in [1.807, 2.05) is 18.7 Å². The lowest BCUT2D eigenvalue weighted by molar-refractivity contribution is 0.0932. The normalized spacial score (nSPS) is 24.4. The van der Waals surface area contributed by atoms with Crippen LogP contribution >= 0.6 is 0 Å². The number of sulfonamides is 1. The summed E-state index contributed by atoms with van der Waals surface area (Å²) in [7, 11) is -3.22. The van der Waals surface area contributed by atoms with Crippen LogP contribution in [0.15, 0.2) is 0 Å². The van der Waals surface area contributed by atoms with Gasteiger partial charge in [0.15, 0.2) is 0 Å². The molecule has 2 aliphatic heterocycles. The molecule has 0 aromatic rings. The van der Waals surface area contributed by atoms with Crippen LogP contribution in [0.4, 0.5) is 0 Å². The zero-order valence-corrected chi connectivity index (χ0v) is 13.0. The van der Waals surface area contributed by atoms with Crippen LogP contribution in [0.25, 0.3) is 0 Å². The Hall–Kier alpha value is -0.680. The summed E-state index contributed by atoms with van der Waals surface area (Å²) in [6.07, 6.45) is 1.18. The molecule has 2 saturated heterocycles. The third-order valence-electron chi connectivity index (χ3n) is 4.25. The highest BCUT2D eigenvalue weighted by molar-refractivity contribution is 7.89. The van der Waals surface area contributed by atoms with E-state index in [1.165, 1.54) is 0 Å². The summed E-state index contributed by atoms with van der Waals surface area (Å²) >= 11 is 0. The Morgan fingerprint density at radius 3 is 2.20 bits per heavy atom. The molecule has 0 atom stereocenters. The molecule has 0 aliphatic carbocycles. The van der Waals surface area contributed by atoms with Crippen LogP contribution in [-0.2, 0) is 14.8 Å². The van der Waals surface area contributed by atoms with E-state index in [2.05, 4.69) is 6.07 Å². The van der Waals surface area contributed by atoms with Crippen molar-refractivity contribution < 1.29 is 13.2 Å². The Morgan fingerprint density at radius 1 is 1.15 bits per heavy atom. The van der Waals surface area contributed by atoms with Crippen molar-refractivity contribution >= 4 is 10.0 Å². The molecule has 2 aliphatic rings. The molecule has 2 heterocycles. The molecule has 0 aromatic carbocycles. The summed E-state index contributed by atoms with van der Waals surface area (Å²) in [5.74, 6) is 0. The Labute approximate surface area is 121 Å². The van der Waals surface area contributed by atoms with Gasteiger partial charge in [0.2, 0.25) is 10.0 Å². The topological polar surface area (TPSA) is 73.6 Å². The zero-order valence-electron chi connectivity index (χ0n) is 12.2. The molecule has 6 nitrogen and oxygen atoms in total. The van der Waals surface area contributed by atoms with Crippen molar-refractivity contribution in [2.45, 2.75) is 37.5 Å². The Balaban J connectivity index is 1.98. The van der Waals surface area contributed by atoms with E-state index >= 15 is 0 Å². The lowest BCUT2D eigenvalue weighted by atomic mass is 10.0. The predicted octanol–water partition coefficient (Wildman–Crippen LogP) is 0.415. The van der Waals surface area contributed by atoms with Crippen molar-refractivity contribution in [2.75, 3.05) is 39.4 Å². The van der Waals surface area contributed by atoms with Gasteiger partial charge in [-0.3, -0.25) is 4.90 Å². The van der Waals surface area contributed by atoms with Crippen molar-refractivity contribution in [3.63, 3.8) is 0 Å². The van der Waals surface area contributed by atoms with Gasteiger partial charge >= 0.3 is 0 Å². The maximum Gasteiger partial charge on any atom is 0.217 e. The lowest BCUT2D eigenvalue weighted by Crippen LogP contribution is -2.56. The van der Waals surface area contributed by atoms with E-state index in [-0.39, 0.29) is 5.25 Å². The first-order valence-electron chi connectivity index (χ1n) is 7.11. The highest BCUT2D eigenvalue weighted by Gasteiger charge is 2.37. The Morgan fingerprint density at radius 2 is 1.70 bits per heavy atom. The number of piperazine rings is 1. The van der Waals surface area contributed by atoms with Crippen LogP contribution in [0.2, 0.25) is 0 Å². The van der Waals surface area contributed by atoms with Gasteiger partial charge in [-0.15, -0.1) is 0 Å². The monoisotopic (exact) mass is 301 g/mol. The van der Waals surface area contributed by atoms with E-state index in [0.717, 1.165) is 0 Å². The molecule has 7 heteroatoms. The molecule has 0 bridgehead atoms. The van der Waals surface area contributed by atoms with Gasteiger partial charge in [0.1, 0.15) is 5.54 Å². The lowest BCUT2D eigenvalue weighted by Gasteiger charge is -2.41. The fourth-order valence-corrected chi connectivity index (χ4v) is 4.64. The van der Waals surface area contributed by atoms with Crippen LogP contribution in [0, 0.1) is 11.3 Å². The molecule has 114 valence electrons. The number of hydrogen-bond acceptors (Lipinski definition) is 5. The molecule has 0 saturated carbocycles. The fourth-order valence-electron chi connectivity index (χ4n) is 2.76. The van der Waals surface area contributed by atoms with E-state index in [9.17, 15) is 8.42 Å². The molecule has 0 N–H and O–H groups in total. The highest BCUT2D eigenvalue weighted by Crippen LogP contribution is 2.23. The van der Waals surface area contributed by atoms with Gasteiger partial charge in [0, 0.05) is 39.4 Å². The van der Waals surface area contributed by atoms with Gasteiger partial charge in [-0.1, -0.05) is 0 Å². The zero-order chi connectivity index (χ0) is 14.8. The largest absolute Gasteiger partial charge is 0.381 e. The molecule has 0 unspecified atom stereocenters.